The maximum Gasteiger partial charge on any atom is 0.191 e. The summed E-state index contributed by atoms with van der Waals surface area (Å²) in [5.41, 5.74) is 2.13. The van der Waals surface area contributed by atoms with Crippen LogP contribution in [0.2, 0.25) is 0 Å². The zero-order chi connectivity index (χ0) is 18.5. The molecule has 0 radical (unpaired) electrons. The molecule has 2 rings (SSSR count). The van der Waals surface area contributed by atoms with Gasteiger partial charge in [0.15, 0.2) is 5.96 Å². The Morgan fingerprint density at radius 3 is 2.69 bits per heavy atom. The molecule has 0 saturated carbocycles. The number of guanidine groups is 1. The van der Waals surface area contributed by atoms with Crippen LogP contribution < -0.4 is 10.6 Å². The lowest BCUT2D eigenvalue weighted by Crippen LogP contribution is -2.38. The Bertz CT molecular complexity index is 639. The van der Waals surface area contributed by atoms with Gasteiger partial charge in [0.25, 0.3) is 0 Å². The van der Waals surface area contributed by atoms with Crippen LogP contribution in [0.3, 0.4) is 0 Å². The van der Waals surface area contributed by atoms with Crippen LogP contribution in [0.4, 0.5) is 0 Å². The normalized spacial score (nSPS) is 11.5. The van der Waals surface area contributed by atoms with Crippen LogP contribution in [0.15, 0.2) is 47.7 Å². The van der Waals surface area contributed by atoms with Crippen molar-refractivity contribution in [3.05, 3.63) is 48.3 Å². The van der Waals surface area contributed by atoms with E-state index in [9.17, 15) is 0 Å². The number of para-hydroxylation sites is 1. The van der Waals surface area contributed by atoms with E-state index in [1.807, 2.05) is 47.4 Å². The maximum atomic E-state index is 5.58. The number of hydrogen-bond acceptors (Lipinski definition) is 3. The summed E-state index contributed by atoms with van der Waals surface area (Å²) in [6, 6.07) is 10.1. The third kappa shape index (κ3) is 7.27. The van der Waals surface area contributed by atoms with Crippen molar-refractivity contribution < 1.29 is 4.74 Å². The molecule has 6 heteroatoms. The molecule has 0 unspecified atom stereocenters. The second kappa shape index (κ2) is 12.1. The smallest absolute Gasteiger partial charge is 0.191 e. The van der Waals surface area contributed by atoms with Gasteiger partial charge < -0.3 is 15.4 Å². The highest BCUT2D eigenvalue weighted by Crippen LogP contribution is 2.08. The predicted octanol–water partition coefficient (Wildman–Crippen LogP) is 3.13. The van der Waals surface area contributed by atoms with E-state index in [4.69, 9.17) is 4.74 Å². The Morgan fingerprint density at radius 2 is 1.92 bits per heavy atom. The van der Waals surface area contributed by atoms with E-state index in [0.717, 1.165) is 56.4 Å². The first kappa shape index (κ1) is 20.0. The maximum absolute atomic E-state index is 5.58. The number of rotatable bonds is 11. The number of benzene rings is 1. The van der Waals surface area contributed by atoms with Crippen LogP contribution in [-0.2, 0) is 11.3 Å². The zero-order valence-corrected chi connectivity index (χ0v) is 15.9. The molecule has 6 nitrogen and oxygen atoms in total. The van der Waals surface area contributed by atoms with Crippen molar-refractivity contribution in [2.75, 3.05) is 26.3 Å². The Morgan fingerprint density at radius 1 is 1.12 bits per heavy atom. The average molecular weight is 358 g/mol. The Hall–Kier alpha value is -2.34. The SMILES string of the molecule is CCCCOCCCNC(=NCc1cnn(-c2ccccc2)c1)NCC. The lowest BCUT2D eigenvalue weighted by Gasteiger charge is -2.11. The van der Waals surface area contributed by atoms with E-state index in [0.29, 0.717) is 6.54 Å². The summed E-state index contributed by atoms with van der Waals surface area (Å²) >= 11 is 0. The van der Waals surface area contributed by atoms with Gasteiger partial charge in [-0.15, -0.1) is 0 Å². The molecule has 0 amide bonds. The van der Waals surface area contributed by atoms with Gasteiger partial charge in [-0.2, -0.15) is 5.10 Å². The van der Waals surface area contributed by atoms with E-state index in [-0.39, 0.29) is 0 Å². The standard InChI is InChI=1S/C20H31N5O/c1-3-5-13-26-14-9-12-22-20(21-4-2)23-15-18-16-24-25(17-18)19-10-7-6-8-11-19/h6-8,10-11,16-17H,3-5,9,12-15H2,1-2H3,(H2,21,22,23). The molecule has 1 aromatic heterocycles. The van der Waals surface area contributed by atoms with E-state index in [2.05, 4.69) is 34.6 Å². The minimum absolute atomic E-state index is 0.592. The van der Waals surface area contributed by atoms with Gasteiger partial charge in [0, 0.05) is 38.1 Å². The van der Waals surface area contributed by atoms with Crippen molar-refractivity contribution in [3.63, 3.8) is 0 Å². The summed E-state index contributed by atoms with van der Waals surface area (Å²) < 4.78 is 7.45. The first-order valence-electron chi connectivity index (χ1n) is 9.52. The van der Waals surface area contributed by atoms with Gasteiger partial charge in [-0.05, 0) is 31.9 Å². The number of nitrogens with one attached hydrogen (secondary N) is 2. The van der Waals surface area contributed by atoms with Crippen molar-refractivity contribution >= 4 is 5.96 Å². The molecule has 26 heavy (non-hydrogen) atoms. The first-order valence-corrected chi connectivity index (χ1v) is 9.52. The molecular formula is C20H31N5O. The van der Waals surface area contributed by atoms with Gasteiger partial charge in [-0.25, -0.2) is 9.67 Å². The number of aromatic nitrogens is 2. The fourth-order valence-electron chi connectivity index (χ4n) is 2.41. The highest BCUT2D eigenvalue weighted by Gasteiger charge is 2.02. The van der Waals surface area contributed by atoms with Crippen molar-refractivity contribution in [3.8, 4) is 5.69 Å². The molecule has 0 fully saturated rings. The lowest BCUT2D eigenvalue weighted by atomic mass is 10.3. The summed E-state index contributed by atoms with van der Waals surface area (Å²) in [7, 11) is 0. The molecule has 2 aromatic rings. The Labute approximate surface area is 156 Å². The summed E-state index contributed by atoms with van der Waals surface area (Å²) in [6.07, 6.45) is 7.16. The minimum Gasteiger partial charge on any atom is -0.381 e. The van der Waals surface area contributed by atoms with Crippen LogP contribution in [0.25, 0.3) is 5.69 Å². The third-order valence-electron chi connectivity index (χ3n) is 3.82. The van der Waals surface area contributed by atoms with Crippen molar-refractivity contribution in [2.24, 2.45) is 4.99 Å². The quantitative estimate of drug-likeness (QED) is 0.368. The van der Waals surface area contributed by atoms with Crippen molar-refractivity contribution in [1.29, 1.82) is 0 Å². The monoisotopic (exact) mass is 357 g/mol. The molecule has 0 atom stereocenters. The van der Waals surface area contributed by atoms with Crippen molar-refractivity contribution in [2.45, 2.75) is 39.7 Å². The molecule has 0 spiro atoms. The summed E-state index contributed by atoms with van der Waals surface area (Å²) in [4.78, 5) is 4.64. The van der Waals surface area contributed by atoms with E-state index >= 15 is 0 Å². The topological polar surface area (TPSA) is 63.5 Å². The van der Waals surface area contributed by atoms with Crippen LogP contribution in [0.1, 0.15) is 38.7 Å². The molecule has 0 bridgehead atoms. The van der Waals surface area contributed by atoms with Crippen LogP contribution in [0, 0.1) is 0 Å². The molecule has 1 aromatic carbocycles. The van der Waals surface area contributed by atoms with Gasteiger partial charge in [-0.1, -0.05) is 31.5 Å². The number of nitrogens with zero attached hydrogens (tertiary/aromatic N) is 3. The lowest BCUT2D eigenvalue weighted by molar-refractivity contribution is 0.129. The molecule has 2 N–H and O–H groups in total. The van der Waals surface area contributed by atoms with E-state index in [1.54, 1.807) is 0 Å². The first-order chi connectivity index (χ1) is 12.8. The van der Waals surface area contributed by atoms with Gasteiger partial charge in [0.1, 0.15) is 0 Å². The Balaban J connectivity index is 1.78. The largest absolute Gasteiger partial charge is 0.381 e. The molecule has 0 saturated heterocycles. The van der Waals surface area contributed by atoms with Crippen LogP contribution in [0.5, 0.6) is 0 Å². The third-order valence-corrected chi connectivity index (χ3v) is 3.82. The van der Waals surface area contributed by atoms with E-state index < -0.39 is 0 Å². The molecular weight excluding hydrogens is 326 g/mol. The molecule has 0 aliphatic heterocycles. The summed E-state index contributed by atoms with van der Waals surface area (Å²) in [6.45, 7) is 8.16. The summed E-state index contributed by atoms with van der Waals surface area (Å²) in [5, 5.41) is 11.0. The van der Waals surface area contributed by atoms with E-state index in [1.165, 1.54) is 6.42 Å². The predicted molar refractivity (Wildman–Crippen MR) is 107 cm³/mol. The molecule has 142 valence electrons. The number of ether oxygens (including phenoxy) is 1. The van der Waals surface area contributed by atoms with Crippen molar-refractivity contribution in [1.82, 2.24) is 20.4 Å². The zero-order valence-electron chi connectivity index (χ0n) is 15.9. The Kier molecular flexibility index (Phi) is 9.29. The van der Waals surface area contributed by atoms with Crippen LogP contribution >= 0.6 is 0 Å². The van der Waals surface area contributed by atoms with Gasteiger partial charge >= 0.3 is 0 Å². The molecule has 0 aliphatic carbocycles. The highest BCUT2D eigenvalue weighted by molar-refractivity contribution is 5.79. The van der Waals surface area contributed by atoms with Gasteiger partial charge in [-0.3, -0.25) is 0 Å². The molecule has 0 aliphatic rings. The number of unbranched alkanes of at least 4 members (excludes halogenated alkanes) is 1. The summed E-state index contributed by atoms with van der Waals surface area (Å²) in [5.74, 6) is 0.827. The van der Waals surface area contributed by atoms with Gasteiger partial charge in [0.05, 0.1) is 18.4 Å². The second-order valence-electron chi connectivity index (χ2n) is 6.07. The number of aliphatic imine (C=N–C) groups is 1. The van der Waals surface area contributed by atoms with Gasteiger partial charge in [0.2, 0.25) is 0 Å². The van der Waals surface area contributed by atoms with Crippen LogP contribution in [-0.4, -0.2) is 42.0 Å². The highest BCUT2D eigenvalue weighted by atomic mass is 16.5. The average Bonchev–Trinajstić information content (AvgIpc) is 3.15. The number of hydrogen-bond donors (Lipinski definition) is 2. The minimum atomic E-state index is 0.592. The fourth-order valence-corrected chi connectivity index (χ4v) is 2.41. The molecule has 1 heterocycles. The second-order valence-corrected chi connectivity index (χ2v) is 6.07. The fraction of sp³-hybridized carbons (Fsp3) is 0.500.